The van der Waals surface area contributed by atoms with Crippen LogP contribution in [0.5, 0.6) is 0 Å². The van der Waals surface area contributed by atoms with Crippen molar-refractivity contribution in [1.82, 2.24) is 0 Å². The lowest BCUT2D eigenvalue weighted by Gasteiger charge is -2.14. The molecular weight excluding hydrogens is 553 g/mol. The van der Waals surface area contributed by atoms with Crippen molar-refractivity contribution in [1.29, 1.82) is 0 Å². The molecule has 0 aliphatic rings. The summed E-state index contributed by atoms with van der Waals surface area (Å²) in [6, 6.07) is 5.52. The zero-order chi connectivity index (χ0) is 15.1. The highest BCUT2D eigenvalue weighted by Crippen LogP contribution is 2.44. The first kappa shape index (κ1) is 17.0. The Labute approximate surface area is 151 Å². The van der Waals surface area contributed by atoms with Crippen LogP contribution in [0.1, 0.15) is 20.8 Å². The molecule has 108 valence electrons. The third-order valence-corrected chi connectivity index (χ3v) is 7.84. The highest BCUT2D eigenvalue weighted by molar-refractivity contribution is 9.13. The maximum Gasteiger partial charge on any atom is 0.416 e. The van der Waals surface area contributed by atoms with E-state index in [1.54, 1.807) is 0 Å². The summed E-state index contributed by atoms with van der Waals surface area (Å²) in [6.45, 7) is 0. The lowest BCUT2D eigenvalue weighted by Crippen LogP contribution is -2.06. The fourth-order valence-corrected chi connectivity index (χ4v) is 5.22. The molecule has 0 aliphatic carbocycles. The van der Waals surface area contributed by atoms with Crippen LogP contribution >= 0.6 is 75.1 Å². The molecule has 0 fully saturated rings. The standard InChI is InChI=1S/C12H5Br4F3S/c13-7-2-1-5(12(17,18)19)3-6(7)10(15)9-4-8(14)11(16)20-9/h1-4,10H. The lowest BCUT2D eigenvalue weighted by molar-refractivity contribution is -0.137. The van der Waals surface area contributed by atoms with Crippen molar-refractivity contribution in [2.75, 3.05) is 0 Å². The molecule has 2 aromatic rings. The van der Waals surface area contributed by atoms with Gasteiger partial charge in [-0.1, -0.05) is 31.9 Å². The molecule has 0 N–H and O–H groups in total. The number of halogens is 7. The van der Waals surface area contributed by atoms with Crippen molar-refractivity contribution < 1.29 is 13.2 Å². The summed E-state index contributed by atoms with van der Waals surface area (Å²) in [4.78, 5) is 0.593. The molecule has 1 atom stereocenters. The molecular formula is C12H5Br4F3S. The first-order chi connectivity index (χ1) is 9.20. The van der Waals surface area contributed by atoms with Crippen LogP contribution in [-0.4, -0.2) is 0 Å². The van der Waals surface area contributed by atoms with E-state index >= 15 is 0 Å². The first-order valence-corrected chi connectivity index (χ1v) is 9.26. The maximum absolute atomic E-state index is 12.8. The molecule has 0 amide bonds. The summed E-state index contributed by atoms with van der Waals surface area (Å²) in [5, 5.41) is 0. The topological polar surface area (TPSA) is 0 Å². The summed E-state index contributed by atoms with van der Waals surface area (Å²) < 4.78 is 40.8. The van der Waals surface area contributed by atoms with Gasteiger partial charge in [0.1, 0.15) is 0 Å². The van der Waals surface area contributed by atoms with Gasteiger partial charge in [-0.25, -0.2) is 0 Å². The second kappa shape index (κ2) is 6.40. The number of thiophene rings is 1. The second-order valence-corrected chi connectivity index (χ2v) is 8.89. The number of hydrogen-bond acceptors (Lipinski definition) is 1. The quantitative estimate of drug-likeness (QED) is 0.335. The molecule has 0 nitrogen and oxygen atoms in total. The van der Waals surface area contributed by atoms with Gasteiger partial charge in [0.25, 0.3) is 0 Å². The number of benzene rings is 1. The van der Waals surface area contributed by atoms with Crippen LogP contribution < -0.4 is 0 Å². The van der Waals surface area contributed by atoms with Gasteiger partial charge in [-0.15, -0.1) is 11.3 Å². The summed E-state index contributed by atoms with van der Waals surface area (Å²) >= 11 is 15.0. The van der Waals surface area contributed by atoms with E-state index in [1.165, 1.54) is 17.4 Å². The van der Waals surface area contributed by atoms with E-state index in [0.717, 1.165) is 25.3 Å². The maximum atomic E-state index is 12.8. The zero-order valence-electron chi connectivity index (χ0n) is 9.44. The molecule has 0 radical (unpaired) electrons. The van der Waals surface area contributed by atoms with Gasteiger partial charge < -0.3 is 0 Å². The van der Waals surface area contributed by atoms with E-state index < -0.39 is 11.7 Å². The van der Waals surface area contributed by atoms with Gasteiger partial charge in [0.15, 0.2) is 0 Å². The van der Waals surface area contributed by atoms with Crippen molar-refractivity contribution in [2.45, 2.75) is 11.0 Å². The monoisotopic (exact) mass is 554 g/mol. The van der Waals surface area contributed by atoms with Crippen LogP contribution in [0, 0.1) is 0 Å². The Kier molecular flexibility index (Phi) is 5.44. The fourth-order valence-electron chi connectivity index (χ4n) is 1.56. The Bertz CT molecular complexity index is 617. The Morgan fingerprint density at radius 3 is 2.15 bits per heavy atom. The Hall–Kier alpha value is 0.630. The van der Waals surface area contributed by atoms with E-state index in [9.17, 15) is 13.2 Å². The summed E-state index contributed by atoms with van der Waals surface area (Å²) in [6.07, 6.45) is -4.35. The minimum Gasteiger partial charge on any atom is -0.166 e. The third-order valence-electron chi connectivity index (χ3n) is 2.51. The molecule has 0 spiro atoms. The van der Waals surface area contributed by atoms with Crippen molar-refractivity contribution >= 4 is 75.1 Å². The van der Waals surface area contributed by atoms with Crippen LogP contribution in [0.2, 0.25) is 0 Å². The molecule has 1 unspecified atom stereocenters. The smallest absolute Gasteiger partial charge is 0.166 e. The van der Waals surface area contributed by atoms with Crippen LogP contribution in [-0.2, 0) is 6.18 Å². The molecule has 1 aromatic carbocycles. The van der Waals surface area contributed by atoms with Crippen molar-refractivity contribution in [3.8, 4) is 0 Å². The van der Waals surface area contributed by atoms with Gasteiger partial charge in [-0.2, -0.15) is 13.2 Å². The predicted octanol–water partition coefficient (Wildman–Crippen LogP) is 7.54. The molecule has 0 bridgehead atoms. The third kappa shape index (κ3) is 3.69. The van der Waals surface area contributed by atoms with Gasteiger partial charge in [0.2, 0.25) is 0 Å². The van der Waals surface area contributed by atoms with Crippen molar-refractivity contribution in [3.63, 3.8) is 0 Å². The number of rotatable bonds is 2. The molecule has 0 saturated carbocycles. The van der Waals surface area contributed by atoms with Crippen molar-refractivity contribution in [3.05, 3.63) is 53.0 Å². The molecule has 2 rings (SSSR count). The highest BCUT2D eigenvalue weighted by Gasteiger charge is 2.31. The second-order valence-electron chi connectivity index (χ2n) is 3.87. The van der Waals surface area contributed by atoms with E-state index in [-0.39, 0.29) is 4.83 Å². The van der Waals surface area contributed by atoms with Gasteiger partial charge in [-0.3, -0.25) is 0 Å². The van der Waals surface area contributed by atoms with Crippen molar-refractivity contribution in [2.24, 2.45) is 0 Å². The molecule has 0 saturated heterocycles. The Morgan fingerprint density at radius 1 is 1.00 bits per heavy atom. The minimum atomic E-state index is -4.35. The van der Waals surface area contributed by atoms with E-state index in [4.69, 9.17) is 0 Å². The highest BCUT2D eigenvalue weighted by atomic mass is 79.9. The Balaban J connectivity index is 2.46. The van der Waals surface area contributed by atoms with Gasteiger partial charge in [0, 0.05) is 13.8 Å². The first-order valence-electron chi connectivity index (χ1n) is 5.15. The summed E-state index contributed by atoms with van der Waals surface area (Å²) in [5.41, 5.74) is -0.115. The SMILES string of the molecule is FC(F)(F)c1ccc(Br)c(C(Br)c2cc(Br)c(Br)s2)c1. The number of hydrogen-bond donors (Lipinski definition) is 0. The molecule has 20 heavy (non-hydrogen) atoms. The van der Waals surface area contributed by atoms with Crippen LogP contribution in [0.25, 0.3) is 0 Å². The average molecular weight is 558 g/mol. The van der Waals surface area contributed by atoms with Gasteiger partial charge in [-0.05, 0) is 61.7 Å². The average Bonchev–Trinajstić information content (AvgIpc) is 2.68. The molecule has 8 heteroatoms. The minimum absolute atomic E-state index is 0.313. The zero-order valence-corrected chi connectivity index (χ0v) is 16.6. The number of alkyl halides is 4. The van der Waals surface area contributed by atoms with Gasteiger partial charge >= 0.3 is 6.18 Å². The van der Waals surface area contributed by atoms with Gasteiger partial charge in [0.05, 0.1) is 14.2 Å². The van der Waals surface area contributed by atoms with Crippen LogP contribution in [0.4, 0.5) is 13.2 Å². The molecule has 1 heterocycles. The van der Waals surface area contributed by atoms with E-state index in [2.05, 4.69) is 63.7 Å². The summed E-state index contributed by atoms with van der Waals surface area (Å²) in [5.74, 6) is 0. The van der Waals surface area contributed by atoms with Crippen LogP contribution in [0.15, 0.2) is 37.0 Å². The molecule has 0 aliphatic heterocycles. The lowest BCUT2D eigenvalue weighted by atomic mass is 10.1. The molecule has 1 aromatic heterocycles. The summed E-state index contributed by atoms with van der Waals surface area (Å²) in [7, 11) is 0. The van der Waals surface area contributed by atoms with Crippen LogP contribution in [0.3, 0.4) is 0 Å². The predicted molar refractivity (Wildman–Crippen MR) is 89.6 cm³/mol. The fraction of sp³-hybridized carbons (Fsp3) is 0.167. The largest absolute Gasteiger partial charge is 0.416 e. The van der Waals surface area contributed by atoms with E-state index in [1.807, 2.05) is 6.07 Å². The normalized spacial score (nSPS) is 13.6. The Morgan fingerprint density at radius 2 is 1.65 bits per heavy atom. The van der Waals surface area contributed by atoms with E-state index in [0.29, 0.717) is 10.0 Å².